The highest BCUT2D eigenvalue weighted by Gasteiger charge is 2.52. The Labute approximate surface area is 117 Å². The van der Waals surface area contributed by atoms with Gasteiger partial charge in [0.25, 0.3) is 0 Å². The minimum atomic E-state index is -2.29. The van der Waals surface area contributed by atoms with Gasteiger partial charge in [0.2, 0.25) is 0 Å². The summed E-state index contributed by atoms with van der Waals surface area (Å²) in [4.78, 5) is 26.0. The van der Waals surface area contributed by atoms with Crippen molar-refractivity contribution in [3.63, 3.8) is 0 Å². The van der Waals surface area contributed by atoms with Crippen LogP contribution in [0.1, 0.15) is 6.92 Å². The molecule has 6 nitrogen and oxygen atoms in total. The maximum atomic E-state index is 11.8. The number of nitro groups is 1. The molecule has 0 saturated heterocycles. The van der Waals surface area contributed by atoms with Crippen LogP contribution in [-0.4, -0.2) is 23.2 Å². The van der Waals surface area contributed by atoms with Gasteiger partial charge in [0.15, 0.2) is 0 Å². The van der Waals surface area contributed by atoms with Gasteiger partial charge >= 0.3 is 11.6 Å². The van der Waals surface area contributed by atoms with Gasteiger partial charge in [0.1, 0.15) is 0 Å². The van der Waals surface area contributed by atoms with E-state index in [4.69, 9.17) is 27.9 Å². The number of carbonyl (C=O) groups is 1. The third-order valence-corrected chi connectivity index (χ3v) is 3.09. The maximum Gasteiger partial charge on any atom is 0.430 e. The van der Waals surface area contributed by atoms with Crippen LogP contribution in [0.2, 0.25) is 10.0 Å². The number of ether oxygens (including phenoxy) is 1. The number of esters is 1. The fourth-order valence-electron chi connectivity index (χ4n) is 1.73. The molecule has 1 aliphatic heterocycles. The van der Waals surface area contributed by atoms with Gasteiger partial charge in [-0.1, -0.05) is 23.2 Å². The molecule has 0 saturated carbocycles. The Hall–Kier alpha value is -1.66. The third kappa shape index (κ3) is 2.17. The van der Waals surface area contributed by atoms with E-state index in [0.29, 0.717) is 5.22 Å². The summed E-state index contributed by atoms with van der Waals surface area (Å²) in [7, 11) is 0. The normalized spacial score (nSPS) is 20.2. The molecule has 0 radical (unpaired) electrons. The zero-order chi connectivity index (χ0) is 14.2. The van der Waals surface area contributed by atoms with Crippen LogP contribution >= 0.6 is 23.2 Å². The van der Waals surface area contributed by atoms with Crippen LogP contribution in [0.15, 0.2) is 17.1 Å². The molecule has 0 bridgehead atoms. The average molecular weight is 303 g/mol. The number of benzene rings is 1. The zero-order valence-corrected chi connectivity index (χ0v) is 11.2. The van der Waals surface area contributed by atoms with Crippen LogP contribution in [0.4, 0.5) is 0 Å². The first kappa shape index (κ1) is 13.8. The first-order chi connectivity index (χ1) is 8.90. The minimum Gasteiger partial charge on any atom is -0.459 e. The smallest absolute Gasteiger partial charge is 0.430 e. The van der Waals surface area contributed by atoms with Gasteiger partial charge in [0, 0.05) is 16.3 Å². The summed E-state index contributed by atoms with van der Waals surface area (Å²) < 4.78 is 4.71. The minimum absolute atomic E-state index is 0.0165. The van der Waals surface area contributed by atoms with Crippen molar-refractivity contribution in [1.29, 1.82) is 0 Å². The fraction of sp³-hybridized carbons (Fsp3) is 0.273. The lowest BCUT2D eigenvalue weighted by molar-refractivity contribution is -0.533. The Bertz CT molecular complexity index is 689. The number of hydrogen-bond donors (Lipinski definition) is 0. The van der Waals surface area contributed by atoms with Gasteiger partial charge < -0.3 is 4.74 Å². The molecular formula is C11H8Cl2N2O4. The molecule has 0 N–H and O–H groups in total. The van der Waals surface area contributed by atoms with Crippen molar-refractivity contribution in [2.24, 2.45) is 4.99 Å². The first-order valence-corrected chi connectivity index (χ1v) is 6.06. The van der Waals surface area contributed by atoms with E-state index in [1.165, 1.54) is 12.1 Å². The Morgan fingerprint density at radius 1 is 1.53 bits per heavy atom. The fourth-order valence-corrected chi connectivity index (χ4v) is 2.27. The van der Waals surface area contributed by atoms with Crippen LogP contribution in [0, 0.1) is 10.1 Å². The summed E-state index contributed by atoms with van der Waals surface area (Å²) in [5.74, 6) is -1.05. The van der Waals surface area contributed by atoms with Gasteiger partial charge in [-0.15, -0.1) is 0 Å². The zero-order valence-electron chi connectivity index (χ0n) is 9.72. The number of halogens is 2. The van der Waals surface area contributed by atoms with Gasteiger partial charge in [-0.2, -0.15) is 4.99 Å². The SMILES string of the molecule is CCOC(=O)C1([N+](=O)[O-])C=c2c(Cl)cc(Cl)cc2=N1. The van der Waals surface area contributed by atoms with Crippen LogP contribution < -0.4 is 10.6 Å². The van der Waals surface area contributed by atoms with Gasteiger partial charge in [-0.05, 0) is 19.1 Å². The van der Waals surface area contributed by atoms with E-state index in [0.717, 1.165) is 6.08 Å². The van der Waals surface area contributed by atoms with E-state index >= 15 is 0 Å². The van der Waals surface area contributed by atoms with Crippen molar-refractivity contribution in [3.8, 4) is 0 Å². The molecule has 1 aromatic rings. The highest BCUT2D eigenvalue weighted by Crippen LogP contribution is 2.20. The lowest BCUT2D eigenvalue weighted by Gasteiger charge is -2.12. The van der Waals surface area contributed by atoms with Crippen molar-refractivity contribution in [1.82, 2.24) is 0 Å². The number of rotatable bonds is 3. The molecule has 100 valence electrons. The second-order valence-corrected chi connectivity index (χ2v) is 4.62. The van der Waals surface area contributed by atoms with E-state index in [9.17, 15) is 14.9 Å². The molecule has 0 fully saturated rings. The van der Waals surface area contributed by atoms with E-state index in [2.05, 4.69) is 4.99 Å². The van der Waals surface area contributed by atoms with E-state index in [1.807, 2.05) is 0 Å². The van der Waals surface area contributed by atoms with Crippen molar-refractivity contribution >= 4 is 35.2 Å². The van der Waals surface area contributed by atoms with Crippen molar-refractivity contribution in [2.75, 3.05) is 6.61 Å². The molecule has 1 heterocycles. The first-order valence-electron chi connectivity index (χ1n) is 5.30. The number of fused-ring (bicyclic) bond motifs is 1. The second-order valence-electron chi connectivity index (χ2n) is 3.78. The molecule has 1 aliphatic rings. The quantitative estimate of drug-likeness (QED) is 0.473. The molecule has 1 atom stereocenters. The Balaban J connectivity index is 2.70. The van der Waals surface area contributed by atoms with Crippen LogP contribution in [0.5, 0.6) is 0 Å². The monoisotopic (exact) mass is 302 g/mol. The summed E-state index contributed by atoms with van der Waals surface area (Å²) in [6.07, 6.45) is 1.08. The summed E-state index contributed by atoms with van der Waals surface area (Å²) in [5.41, 5.74) is -2.29. The molecule has 1 unspecified atom stereocenters. The standard InChI is InChI=1S/C11H8Cl2N2O4/c1-2-19-10(16)11(15(17)18)5-7-8(13)3-6(12)4-9(7)14-11/h3-5H,2H2,1H3. The number of hydrogen-bond acceptors (Lipinski definition) is 5. The molecule has 8 heteroatoms. The lowest BCUT2D eigenvalue weighted by Crippen LogP contribution is -2.43. The van der Waals surface area contributed by atoms with E-state index in [-0.39, 0.29) is 22.0 Å². The second kappa shape index (κ2) is 4.79. The molecular weight excluding hydrogens is 295 g/mol. The third-order valence-electron chi connectivity index (χ3n) is 2.56. The number of carbonyl (C=O) groups excluding carboxylic acids is 1. The summed E-state index contributed by atoms with van der Waals surface area (Å²) >= 11 is 11.7. The summed E-state index contributed by atoms with van der Waals surface area (Å²) in [5, 5.41) is 12.2. The Morgan fingerprint density at radius 2 is 2.21 bits per heavy atom. The summed E-state index contributed by atoms with van der Waals surface area (Å²) in [6.45, 7) is 1.57. The molecule has 19 heavy (non-hydrogen) atoms. The van der Waals surface area contributed by atoms with Gasteiger partial charge in [-0.25, -0.2) is 4.79 Å². The molecule has 0 aromatic heterocycles. The predicted molar refractivity (Wildman–Crippen MR) is 68.1 cm³/mol. The van der Waals surface area contributed by atoms with Gasteiger partial charge in [-0.3, -0.25) is 10.1 Å². The topological polar surface area (TPSA) is 81.8 Å². The largest absolute Gasteiger partial charge is 0.459 e. The maximum absolute atomic E-state index is 11.8. The molecule has 0 aliphatic carbocycles. The predicted octanol–water partition coefficient (Wildman–Crippen LogP) is 0.943. The Kier molecular flexibility index (Phi) is 3.47. The van der Waals surface area contributed by atoms with Crippen LogP contribution in [-0.2, 0) is 9.53 Å². The van der Waals surface area contributed by atoms with Crippen molar-refractivity contribution < 1.29 is 14.5 Å². The highest BCUT2D eigenvalue weighted by atomic mass is 35.5. The van der Waals surface area contributed by atoms with Gasteiger partial charge in [0.05, 0.1) is 21.9 Å². The highest BCUT2D eigenvalue weighted by molar-refractivity contribution is 6.34. The molecule has 2 rings (SSSR count). The van der Waals surface area contributed by atoms with E-state index < -0.39 is 16.6 Å². The van der Waals surface area contributed by atoms with Crippen molar-refractivity contribution in [3.05, 3.63) is 42.9 Å². The van der Waals surface area contributed by atoms with Crippen molar-refractivity contribution in [2.45, 2.75) is 12.6 Å². The summed E-state index contributed by atoms with van der Waals surface area (Å²) in [6, 6.07) is 2.83. The molecule has 1 aromatic carbocycles. The average Bonchev–Trinajstić information content (AvgIpc) is 2.70. The van der Waals surface area contributed by atoms with Crippen LogP contribution in [0.3, 0.4) is 0 Å². The molecule has 0 spiro atoms. The lowest BCUT2D eigenvalue weighted by atomic mass is 10.1. The Morgan fingerprint density at radius 3 is 2.79 bits per heavy atom. The number of nitrogens with zero attached hydrogens (tertiary/aromatic N) is 2. The van der Waals surface area contributed by atoms with Crippen LogP contribution in [0.25, 0.3) is 6.08 Å². The van der Waals surface area contributed by atoms with E-state index in [1.54, 1.807) is 6.92 Å². The molecule has 0 amide bonds.